The Hall–Kier alpha value is -3.46. The summed E-state index contributed by atoms with van der Waals surface area (Å²) < 4.78 is 0. The highest BCUT2D eigenvalue weighted by Crippen LogP contribution is 2.34. The lowest BCUT2D eigenvalue weighted by molar-refractivity contribution is -0.131. The third-order valence-electron chi connectivity index (χ3n) is 5.41. The molecule has 160 valence electrons. The molecule has 1 fully saturated rings. The van der Waals surface area contributed by atoms with E-state index in [2.05, 4.69) is 31.5 Å². The molecule has 1 atom stereocenters. The molecule has 0 radical (unpaired) electrons. The topological polar surface area (TPSA) is 131 Å². The highest BCUT2D eigenvalue weighted by Gasteiger charge is 2.29. The number of halogens is 1. The van der Waals surface area contributed by atoms with E-state index in [1.165, 1.54) is 6.21 Å². The van der Waals surface area contributed by atoms with E-state index in [9.17, 15) is 9.59 Å². The van der Waals surface area contributed by atoms with E-state index in [-0.39, 0.29) is 30.2 Å². The number of hydrogen-bond donors (Lipinski definition) is 4. The molecule has 0 aliphatic carbocycles. The van der Waals surface area contributed by atoms with Crippen LogP contribution < -0.4 is 5.32 Å². The molecule has 2 amide bonds. The molecule has 1 unspecified atom stereocenters. The van der Waals surface area contributed by atoms with Crippen LogP contribution in [0.15, 0.2) is 30.6 Å². The number of amides is 2. The minimum atomic E-state index is -0.353. The van der Waals surface area contributed by atoms with Crippen LogP contribution in [0.3, 0.4) is 0 Å². The largest absolute Gasteiger partial charge is 0.346 e. The van der Waals surface area contributed by atoms with Crippen LogP contribution >= 0.6 is 11.6 Å². The molecule has 4 rings (SSSR count). The second kappa shape index (κ2) is 9.13. The van der Waals surface area contributed by atoms with E-state index in [1.807, 2.05) is 6.07 Å². The lowest BCUT2D eigenvalue weighted by Crippen LogP contribution is -2.39. The van der Waals surface area contributed by atoms with Gasteiger partial charge in [0.05, 0.1) is 18.4 Å². The number of H-pyrrole nitrogens is 2. The van der Waals surface area contributed by atoms with Crippen LogP contribution in [0.25, 0.3) is 28.2 Å². The molecular weight excluding hydrogens is 418 g/mol. The zero-order chi connectivity index (χ0) is 21.8. The number of carbonyl (C=O) groups excluding carboxylic acids is 2. The summed E-state index contributed by atoms with van der Waals surface area (Å²) in [5, 5.41) is 17.8. The van der Waals surface area contributed by atoms with Gasteiger partial charge in [-0.2, -0.15) is 5.10 Å². The molecule has 3 aromatic heterocycles. The monoisotopic (exact) mass is 439 g/mol. The fourth-order valence-electron chi connectivity index (χ4n) is 3.86. The van der Waals surface area contributed by atoms with E-state index in [0.29, 0.717) is 13.1 Å². The standard InChI is InChI=1S/C21H22ClN7O2/c22-9-19(30)25-11-20(31)29-7-4-13(12-29)18-8-15-14(3-6-24-21(15)27-18)16-10-26-28-17(16)2-1-5-23/h1-3,5-6,8,10,13,23H,4,7,9,11-12H2,(H,24,27)(H,25,30)(H,26,28)/b2-1-,23-5?. The number of aromatic nitrogens is 4. The maximum Gasteiger partial charge on any atom is 0.241 e. The predicted octanol–water partition coefficient (Wildman–Crippen LogP) is 2.29. The molecule has 0 bridgehead atoms. The highest BCUT2D eigenvalue weighted by atomic mass is 35.5. The van der Waals surface area contributed by atoms with Crippen molar-refractivity contribution in [2.75, 3.05) is 25.5 Å². The van der Waals surface area contributed by atoms with Gasteiger partial charge in [0.25, 0.3) is 0 Å². The van der Waals surface area contributed by atoms with Gasteiger partial charge in [-0.1, -0.05) is 0 Å². The fourth-order valence-corrected chi connectivity index (χ4v) is 3.95. The molecule has 1 aliphatic rings. The number of hydrogen-bond acceptors (Lipinski definition) is 5. The van der Waals surface area contributed by atoms with Crippen molar-refractivity contribution in [2.45, 2.75) is 12.3 Å². The summed E-state index contributed by atoms with van der Waals surface area (Å²) in [6.07, 6.45) is 9.00. The first-order valence-corrected chi connectivity index (χ1v) is 10.4. The van der Waals surface area contributed by atoms with Crippen molar-refractivity contribution in [1.82, 2.24) is 30.4 Å². The van der Waals surface area contributed by atoms with Crippen molar-refractivity contribution in [3.63, 3.8) is 0 Å². The molecule has 31 heavy (non-hydrogen) atoms. The van der Waals surface area contributed by atoms with Crippen LogP contribution in [0.5, 0.6) is 0 Å². The van der Waals surface area contributed by atoms with Gasteiger partial charge >= 0.3 is 0 Å². The normalized spacial score (nSPS) is 16.3. The quantitative estimate of drug-likeness (QED) is 0.332. The first kappa shape index (κ1) is 20.8. The van der Waals surface area contributed by atoms with Crippen molar-refractivity contribution in [1.29, 1.82) is 5.41 Å². The zero-order valence-corrected chi connectivity index (χ0v) is 17.4. The molecule has 4 N–H and O–H groups in total. The molecule has 0 saturated carbocycles. The number of alkyl halides is 1. The molecule has 1 saturated heterocycles. The average molecular weight is 440 g/mol. The van der Waals surface area contributed by atoms with Gasteiger partial charge in [-0.05, 0) is 36.3 Å². The summed E-state index contributed by atoms with van der Waals surface area (Å²) in [5.74, 6) is -0.460. The summed E-state index contributed by atoms with van der Waals surface area (Å²) in [5.41, 5.74) is 4.52. The van der Waals surface area contributed by atoms with Gasteiger partial charge in [-0.15, -0.1) is 11.6 Å². The van der Waals surface area contributed by atoms with E-state index < -0.39 is 0 Å². The van der Waals surface area contributed by atoms with Crippen LogP contribution in [0, 0.1) is 5.41 Å². The molecule has 10 heteroatoms. The summed E-state index contributed by atoms with van der Waals surface area (Å²) in [6, 6.07) is 4.03. The molecule has 4 heterocycles. The maximum atomic E-state index is 12.4. The van der Waals surface area contributed by atoms with Crippen molar-refractivity contribution in [3.8, 4) is 11.1 Å². The minimum Gasteiger partial charge on any atom is -0.346 e. The Labute approximate surface area is 183 Å². The average Bonchev–Trinajstić information content (AvgIpc) is 3.53. The number of nitrogens with one attached hydrogen (secondary N) is 4. The number of pyridine rings is 1. The van der Waals surface area contributed by atoms with Crippen LogP contribution in [-0.4, -0.2) is 68.6 Å². The second-order valence-electron chi connectivity index (χ2n) is 7.30. The molecule has 0 aromatic carbocycles. The SMILES string of the molecule is N=C/C=C\c1[nH]ncc1-c1ccnc2[nH]c(C3CCN(C(=O)CNC(=O)CCl)C3)cc12. The van der Waals surface area contributed by atoms with Crippen LogP contribution in [-0.2, 0) is 9.59 Å². The smallest absolute Gasteiger partial charge is 0.241 e. The maximum absolute atomic E-state index is 12.4. The lowest BCUT2D eigenvalue weighted by atomic mass is 10.0. The predicted molar refractivity (Wildman–Crippen MR) is 119 cm³/mol. The number of fused-ring (bicyclic) bond motifs is 1. The number of nitrogens with zero attached hydrogens (tertiary/aromatic N) is 3. The van der Waals surface area contributed by atoms with E-state index in [1.54, 1.807) is 29.4 Å². The van der Waals surface area contributed by atoms with Gasteiger partial charge in [0.2, 0.25) is 11.8 Å². The minimum absolute atomic E-state index is 0.0385. The van der Waals surface area contributed by atoms with Gasteiger partial charge in [0.15, 0.2) is 0 Å². The lowest BCUT2D eigenvalue weighted by Gasteiger charge is -2.16. The summed E-state index contributed by atoms with van der Waals surface area (Å²) >= 11 is 5.45. The first-order chi connectivity index (χ1) is 15.1. The Bertz CT molecular complexity index is 1150. The Kier molecular flexibility index (Phi) is 6.13. The second-order valence-corrected chi connectivity index (χ2v) is 7.57. The summed E-state index contributed by atoms with van der Waals surface area (Å²) in [7, 11) is 0. The van der Waals surface area contributed by atoms with Crippen LogP contribution in [0.4, 0.5) is 0 Å². The van der Waals surface area contributed by atoms with Crippen molar-refractivity contribution in [2.24, 2.45) is 0 Å². The van der Waals surface area contributed by atoms with Gasteiger partial charge in [-0.25, -0.2) is 4.98 Å². The van der Waals surface area contributed by atoms with Crippen molar-refractivity contribution in [3.05, 3.63) is 42.0 Å². The summed E-state index contributed by atoms with van der Waals surface area (Å²) in [6.45, 7) is 1.18. The van der Waals surface area contributed by atoms with Gasteiger partial charge in [0, 0.05) is 48.1 Å². The van der Waals surface area contributed by atoms with Crippen molar-refractivity contribution >= 4 is 46.7 Å². The molecule has 0 spiro atoms. The van der Waals surface area contributed by atoms with Crippen molar-refractivity contribution < 1.29 is 9.59 Å². The third-order valence-corrected chi connectivity index (χ3v) is 5.65. The molecule has 3 aromatic rings. The van der Waals surface area contributed by atoms with Gasteiger partial charge in [0.1, 0.15) is 11.5 Å². The number of carbonyl (C=O) groups is 2. The van der Waals surface area contributed by atoms with Gasteiger partial charge < -0.3 is 20.6 Å². The Balaban J connectivity index is 1.55. The Morgan fingerprint density at radius 3 is 3.06 bits per heavy atom. The molecule has 1 aliphatic heterocycles. The highest BCUT2D eigenvalue weighted by molar-refractivity contribution is 6.27. The number of aromatic amines is 2. The van der Waals surface area contributed by atoms with E-state index in [4.69, 9.17) is 17.0 Å². The van der Waals surface area contributed by atoms with Gasteiger partial charge in [-0.3, -0.25) is 14.7 Å². The Morgan fingerprint density at radius 1 is 1.39 bits per heavy atom. The number of likely N-dealkylation sites (tertiary alicyclic amines) is 1. The van der Waals surface area contributed by atoms with E-state index in [0.717, 1.165) is 40.0 Å². The van der Waals surface area contributed by atoms with Crippen LogP contribution in [0.2, 0.25) is 0 Å². The molecular formula is C21H22ClN7O2. The third kappa shape index (κ3) is 4.36. The number of rotatable bonds is 7. The fraction of sp³-hybridized carbons (Fsp3) is 0.286. The number of allylic oxidation sites excluding steroid dienone is 1. The van der Waals surface area contributed by atoms with Crippen LogP contribution in [0.1, 0.15) is 23.7 Å². The Morgan fingerprint density at radius 2 is 2.26 bits per heavy atom. The first-order valence-electron chi connectivity index (χ1n) is 9.89. The summed E-state index contributed by atoms with van der Waals surface area (Å²) in [4.78, 5) is 33.3. The zero-order valence-electron chi connectivity index (χ0n) is 16.7. The van der Waals surface area contributed by atoms with E-state index >= 15 is 0 Å². The molecule has 9 nitrogen and oxygen atoms in total.